The van der Waals surface area contributed by atoms with Gasteiger partial charge < -0.3 is 9.84 Å². The molecule has 98 valence electrons. The van der Waals surface area contributed by atoms with Gasteiger partial charge in [-0.15, -0.1) is 0 Å². The van der Waals surface area contributed by atoms with Gasteiger partial charge in [0, 0.05) is 6.04 Å². The molecule has 5 nitrogen and oxygen atoms in total. The maximum absolute atomic E-state index is 11.7. The topological polar surface area (TPSA) is 70.6 Å². The van der Waals surface area contributed by atoms with Crippen molar-refractivity contribution in [3.8, 4) is 0 Å². The zero-order chi connectivity index (χ0) is 13.0. The van der Waals surface area contributed by atoms with E-state index in [1.165, 1.54) is 0 Å². The molecule has 18 heavy (non-hydrogen) atoms. The Bertz CT molecular complexity index is 396. The third-order valence-electron chi connectivity index (χ3n) is 3.07. The molecule has 5 heteroatoms. The van der Waals surface area contributed by atoms with Crippen molar-refractivity contribution in [3.05, 3.63) is 35.9 Å². The summed E-state index contributed by atoms with van der Waals surface area (Å²) in [5, 5.41) is 9.76. The summed E-state index contributed by atoms with van der Waals surface area (Å²) < 4.78 is 4.97. The number of nitrogens with one attached hydrogen (secondary N) is 2. The van der Waals surface area contributed by atoms with Crippen LogP contribution in [0.5, 0.6) is 0 Å². The van der Waals surface area contributed by atoms with Crippen LogP contribution < -0.4 is 10.9 Å². The van der Waals surface area contributed by atoms with Crippen molar-refractivity contribution in [1.82, 2.24) is 10.9 Å². The Morgan fingerprint density at radius 2 is 2.11 bits per heavy atom. The molecule has 1 aromatic rings. The summed E-state index contributed by atoms with van der Waals surface area (Å²) in [6, 6.07) is 9.79. The second-order valence-corrected chi connectivity index (χ2v) is 4.29. The molecule has 2 rings (SSSR count). The molecule has 1 aromatic carbocycles. The second kappa shape index (κ2) is 5.95. The van der Waals surface area contributed by atoms with Crippen molar-refractivity contribution in [2.24, 2.45) is 5.92 Å². The van der Waals surface area contributed by atoms with E-state index in [1.807, 2.05) is 30.3 Å². The zero-order valence-electron chi connectivity index (χ0n) is 10.3. The fourth-order valence-corrected chi connectivity index (χ4v) is 2.11. The molecule has 1 aliphatic heterocycles. The van der Waals surface area contributed by atoms with E-state index in [0.29, 0.717) is 13.0 Å². The molecular weight excluding hydrogens is 232 g/mol. The molecule has 3 atom stereocenters. The standard InChI is InChI=1S/C13H18N2O3/c1-2-18-13(17)10-8-11(14-15-12(10)16)9-6-4-3-5-7-9/h3-7,10-12,14-16H,2,8H2,1H3. The van der Waals surface area contributed by atoms with Gasteiger partial charge in [0.05, 0.1) is 12.5 Å². The molecule has 0 radical (unpaired) electrons. The van der Waals surface area contributed by atoms with Gasteiger partial charge in [0.1, 0.15) is 6.23 Å². The summed E-state index contributed by atoms with van der Waals surface area (Å²) in [4.78, 5) is 11.7. The van der Waals surface area contributed by atoms with Crippen LogP contribution in [0.4, 0.5) is 0 Å². The number of carbonyl (C=O) groups is 1. The largest absolute Gasteiger partial charge is 0.466 e. The molecular formula is C13H18N2O3. The van der Waals surface area contributed by atoms with E-state index in [1.54, 1.807) is 6.92 Å². The maximum atomic E-state index is 11.7. The first-order chi connectivity index (χ1) is 8.72. The number of benzene rings is 1. The fourth-order valence-electron chi connectivity index (χ4n) is 2.11. The van der Waals surface area contributed by atoms with E-state index in [2.05, 4.69) is 10.9 Å². The number of hydrazine groups is 1. The van der Waals surface area contributed by atoms with Gasteiger partial charge >= 0.3 is 5.97 Å². The van der Waals surface area contributed by atoms with Crippen LogP contribution in [-0.2, 0) is 9.53 Å². The number of aliphatic hydroxyl groups is 1. The van der Waals surface area contributed by atoms with Gasteiger partial charge in [-0.25, -0.2) is 10.9 Å². The lowest BCUT2D eigenvalue weighted by Crippen LogP contribution is -2.54. The van der Waals surface area contributed by atoms with Crippen LogP contribution >= 0.6 is 0 Å². The van der Waals surface area contributed by atoms with Crippen LogP contribution in [0.3, 0.4) is 0 Å². The molecule has 3 N–H and O–H groups in total. The van der Waals surface area contributed by atoms with E-state index < -0.39 is 12.1 Å². The second-order valence-electron chi connectivity index (χ2n) is 4.29. The van der Waals surface area contributed by atoms with Crippen molar-refractivity contribution < 1.29 is 14.6 Å². The summed E-state index contributed by atoms with van der Waals surface area (Å²) in [6.07, 6.45) is -0.402. The van der Waals surface area contributed by atoms with E-state index in [9.17, 15) is 9.90 Å². The van der Waals surface area contributed by atoms with Crippen molar-refractivity contribution in [2.75, 3.05) is 6.61 Å². The summed E-state index contributed by atoms with van der Waals surface area (Å²) in [7, 11) is 0. The molecule has 0 amide bonds. The highest BCUT2D eigenvalue weighted by molar-refractivity contribution is 5.73. The normalized spacial score (nSPS) is 27.8. The maximum Gasteiger partial charge on any atom is 0.313 e. The molecule has 0 aromatic heterocycles. The minimum Gasteiger partial charge on any atom is -0.466 e. The van der Waals surface area contributed by atoms with Gasteiger partial charge in [-0.05, 0) is 18.9 Å². The number of esters is 1. The van der Waals surface area contributed by atoms with Crippen LogP contribution in [0.2, 0.25) is 0 Å². The van der Waals surface area contributed by atoms with E-state index >= 15 is 0 Å². The lowest BCUT2D eigenvalue weighted by atomic mass is 9.92. The molecule has 1 aliphatic rings. The molecule has 0 spiro atoms. The Labute approximate surface area is 106 Å². The highest BCUT2D eigenvalue weighted by Crippen LogP contribution is 2.26. The van der Waals surface area contributed by atoms with Gasteiger partial charge in [0.2, 0.25) is 0 Å². The quantitative estimate of drug-likeness (QED) is 0.690. The lowest BCUT2D eigenvalue weighted by Gasteiger charge is -2.33. The van der Waals surface area contributed by atoms with Crippen LogP contribution in [0.25, 0.3) is 0 Å². The summed E-state index contributed by atoms with van der Waals surface area (Å²) >= 11 is 0. The Hall–Kier alpha value is -1.43. The average Bonchev–Trinajstić information content (AvgIpc) is 2.40. The SMILES string of the molecule is CCOC(=O)C1CC(c2ccccc2)NNC1O. The minimum atomic E-state index is -0.913. The van der Waals surface area contributed by atoms with Crippen LogP contribution in [-0.4, -0.2) is 23.9 Å². The number of rotatable bonds is 3. The Morgan fingerprint density at radius 3 is 2.78 bits per heavy atom. The van der Waals surface area contributed by atoms with Gasteiger partial charge in [-0.1, -0.05) is 30.3 Å². The number of carbonyl (C=O) groups excluding carboxylic acids is 1. The Balaban J connectivity index is 2.07. The molecule has 3 unspecified atom stereocenters. The zero-order valence-corrected chi connectivity index (χ0v) is 10.3. The summed E-state index contributed by atoms with van der Waals surface area (Å²) in [5.41, 5.74) is 6.80. The lowest BCUT2D eigenvalue weighted by molar-refractivity contribution is -0.156. The number of hydrogen-bond donors (Lipinski definition) is 3. The number of ether oxygens (including phenoxy) is 1. The predicted octanol–water partition coefficient (Wildman–Crippen LogP) is 0.723. The van der Waals surface area contributed by atoms with Gasteiger partial charge in [0.15, 0.2) is 0 Å². The van der Waals surface area contributed by atoms with E-state index in [-0.39, 0.29) is 12.0 Å². The number of aliphatic hydroxyl groups excluding tert-OH is 1. The van der Waals surface area contributed by atoms with Crippen molar-refractivity contribution >= 4 is 5.97 Å². The molecule has 1 saturated heterocycles. The first kappa shape index (κ1) is 13.0. The summed E-state index contributed by atoms with van der Waals surface area (Å²) in [5.74, 6) is -0.906. The molecule has 0 bridgehead atoms. The van der Waals surface area contributed by atoms with E-state index in [0.717, 1.165) is 5.56 Å². The average molecular weight is 250 g/mol. The van der Waals surface area contributed by atoms with E-state index in [4.69, 9.17) is 4.74 Å². The number of hydrogen-bond acceptors (Lipinski definition) is 5. The highest BCUT2D eigenvalue weighted by Gasteiger charge is 2.35. The van der Waals surface area contributed by atoms with Gasteiger partial charge in [-0.2, -0.15) is 0 Å². The highest BCUT2D eigenvalue weighted by atomic mass is 16.5. The molecule has 1 fully saturated rings. The molecule has 0 saturated carbocycles. The third kappa shape index (κ3) is 2.87. The predicted molar refractivity (Wildman–Crippen MR) is 66.2 cm³/mol. The molecule has 0 aliphatic carbocycles. The van der Waals surface area contributed by atoms with Gasteiger partial charge in [-0.3, -0.25) is 4.79 Å². The monoisotopic (exact) mass is 250 g/mol. The van der Waals surface area contributed by atoms with Crippen molar-refractivity contribution in [1.29, 1.82) is 0 Å². The smallest absolute Gasteiger partial charge is 0.313 e. The van der Waals surface area contributed by atoms with Crippen molar-refractivity contribution in [3.63, 3.8) is 0 Å². The third-order valence-corrected chi connectivity index (χ3v) is 3.07. The summed E-state index contributed by atoms with van der Waals surface area (Å²) in [6.45, 7) is 2.08. The van der Waals surface area contributed by atoms with Crippen LogP contribution in [0.1, 0.15) is 24.9 Å². The van der Waals surface area contributed by atoms with Crippen LogP contribution in [0, 0.1) is 5.92 Å². The van der Waals surface area contributed by atoms with Crippen molar-refractivity contribution in [2.45, 2.75) is 25.6 Å². The van der Waals surface area contributed by atoms with Gasteiger partial charge in [0.25, 0.3) is 0 Å². The minimum absolute atomic E-state index is 0.0102. The Morgan fingerprint density at radius 1 is 1.39 bits per heavy atom. The molecule has 1 heterocycles. The van der Waals surface area contributed by atoms with Crippen LogP contribution in [0.15, 0.2) is 30.3 Å². The Kier molecular flexibility index (Phi) is 4.30. The first-order valence-corrected chi connectivity index (χ1v) is 6.13. The fraction of sp³-hybridized carbons (Fsp3) is 0.462. The first-order valence-electron chi connectivity index (χ1n) is 6.13.